The van der Waals surface area contributed by atoms with Crippen molar-refractivity contribution in [2.24, 2.45) is 5.10 Å². The lowest BCUT2D eigenvalue weighted by Gasteiger charge is -2.15. The van der Waals surface area contributed by atoms with E-state index in [4.69, 9.17) is 9.47 Å². The third-order valence-corrected chi connectivity index (χ3v) is 5.50. The van der Waals surface area contributed by atoms with Gasteiger partial charge in [-0.25, -0.2) is 4.98 Å². The number of nitro groups is 1. The molecule has 0 aliphatic rings. The summed E-state index contributed by atoms with van der Waals surface area (Å²) >= 11 is 4.48. The zero-order chi connectivity index (χ0) is 22.2. The lowest BCUT2D eigenvalue weighted by molar-refractivity contribution is -0.385. The van der Waals surface area contributed by atoms with Gasteiger partial charge in [0.25, 0.3) is 5.69 Å². The maximum Gasteiger partial charge on any atom is 0.287 e. The number of rotatable bonds is 9. The predicted octanol–water partition coefficient (Wildman–Crippen LogP) is 5.62. The van der Waals surface area contributed by atoms with E-state index in [1.807, 2.05) is 43.3 Å². The van der Waals surface area contributed by atoms with Crippen molar-refractivity contribution in [2.75, 3.05) is 12.0 Å². The van der Waals surface area contributed by atoms with Crippen LogP contribution in [0.25, 0.3) is 0 Å². The minimum atomic E-state index is -0.501. The third kappa shape index (κ3) is 6.75. The smallest absolute Gasteiger partial charge is 0.287 e. The number of benzene rings is 2. The summed E-state index contributed by atoms with van der Waals surface area (Å²) in [5.74, 6) is 1.72. The van der Waals surface area contributed by atoms with Gasteiger partial charge in [-0.05, 0) is 93.6 Å². The number of pyridine rings is 1. The Labute approximate surface area is 206 Å². The second-order valence-corrected chi connectivity index (χ2v) is 8.61. The molecule has 1 N–H and O–H groups in total. The van der Waals surface area contributed by atoms with Crippen molar-refractivity contribution in [1.29, 1.82) is 0 Å². The second-order valence-electron chi connectivity index (χ2n) is 6.21. The van der Waals surface area contributed by atoms with Crippen LogP contribution in [-0.4, -0.2) is 22.7 Å². The fourth-order valence-electron chi connectivity index (χ4n) is 2.53. The van der Waals surface area contributed by atoms with Crippen molar-refractivity contribution in [3.8, 4) is 11.5 Å². The summed E-state index contributed by atoms with van der Waals surface area (Å²) in [6.07, 6.45) is 2.80. The highest BCUT2D eigenvalue weighted by atomic mass is 127. The van der Waals surface area contributed by atoms with Gasteiger partial charge in [0.2, 0.25) is 0 Å². The molecular formula is C21H18I2N4O4. The summed E-state index contributed by atoms with van der Waals surface area (Å²) < 4.78 is 13.9. The van der Waals surface area contributed by atoms with Gasteiger partial charge in [0.15, 0.2) is 11.5 Å². The lowest BCUT2D eigenvalue weighted by atomic mass is 10.2. The summed E-state index contributed by atoms with van der Waals surface area (Å²) in [7, 11) is 0. The van der Waals surface area contributed by atoms with Crippen molar-refractivity contribution in [3.63, 3.8) is 0 Å². The first-order chi connectivity index (χ1) is 15.0. The van der Waals surface area contributed by atoms with Gasteiger partial charge in [-0.2, -0.15) is 5.10 Å². The Morgan fingerprint density at radius 2 is 1.94 bits per heavy atom. The number of anilines is 1. The van der Waals surface area contributed by atoms with Gasteiger partial charge in [-0.3, -0.25) is 15.5 Å². The van der Waals surface area contributed by atoms with Crippen LogP contribution in [0.15, 0.2) is 59.8 Å². The number of nitrogens with one attached hydrogen (secondary N) is 1. The maximum absolute atomic E-state index is 10.7. The largest absolute Gasteiger partial charge is 0.490 e. The average Bonchev–Trinajstić information content (AvgIpc) is 2.75. The van der Waals surface area contributed by atoms with Gasteiger partial charge in [-0.1, -0.05) is 12.1 Å². The maximum atomic E-state index is 10.7. The fraction of sp³-hybridized carbons (Fsp3) is 0.143. The molecule has 0 atom stereocenters. The van der Waals surface area contributed by atoms with Gasteiger partial charge in [0.05, 0.1) is 21.3 Å². The Bertz CT molecular complexity index is 1070. The van der Waals surface area contributed by atoms with Crippen molar-refractivity contribution in [3.05, 3.63) is 83.1 Å². The van der Waals surface area contributed by atoms with Crippen LogP contribution in [-0.2, 0) is 6.61 Å². The number of hydrogen-bond donors (Lipinski definition) is 1. The van der Waals surface area contributed by atoms with Gasteiger partial charge in [-0.15, -0.1) is 0 Å². The number of hydrogen-bond acceptors (Lipinski definition) is 7. The fourth-order valence-corrected chi connectivity index (χ4v) is 3.68. The molecule has 160 valence electrons. The topological polar surface area (TPSA) is 98.9 Å². The highest BCUT2D eigenvalue weighted by molar-refractivity contribution is 14.1. The van der Waals surface area contributed by atoms with E-state index in [0.717, 1.165) is 14.7 Å². The normalized spacial score (nSPS) is 10.8. The van der Waals surface area contributed by atoms with Crippen molar-refractivity contribution >= 4 is 62.9 Å². The van der Waals surface area contributed by atoms with E-state index in [-0.39, 0.29) is 5.69 Å². The van der Waals surface area contributed by atoms with Crippen LogP contribution in [0.4, 0.5) is 11.5 Å². The van der Waals surface area contributed by atoms with Crippen LogP contribution < -0.4 is 14.9 Å². The van der Waals surface area contributed by atoms with Gasteiger partial charge >= 0.3 is 0 Å². The molecule has 10 heteroatoms. The molecule has 0 unspecified atom stereocenters. The molecule has 2 aromatic carbocycles. The standard InChI is InChI=1S/C21H18I2N4O4/c1-2-30-19-10-15(11-25-26-20-8-7-17(12-24-20)27(28)29)9-18(23)21(19)31-13-14-3-5-16(22)6-4-14/h3-12H,2,13H2,1H3,(H,24,26)/b25-11+. The molecular weight excluding hydrogens is 626 g/mol. The summed E-state index contributed by atoms with van der Waals surface area (Å²) in [5.41, 5.74) is 4.56. The van der Waals surface area contributed by atoms with Crippen molar-refractivity contribution < 1.29 is 14.4 Å². The van der Waals surface area contributed by atoms with E-state index in [9.17, 15) is 10.1 Å². The lowest BCUT2D eigenvalue weighted by Crippen LogP contribution is -2.03. The Morgan fingerprint density at radius 1 is 1.16 bits per heavy atom. The SMILES string of the molecule is CCOc1cc(/C=N/Nc2ccc([N+](=O)[O-])cn2)cc(I)c1OCc1ccc(I)cc1. The third-order valence-electron chi connectivity index (χ3n) is 3.98. The van der Waals surface area contributed by atoms with E-state index >= 15 is 0 Å². The first kappa shape index (κ1) is 23.2. The second kappa shape index (κ2) is 11.2. The number of ether oxygens (including phenoxy) is 2. The molecule has 0 saturated heterocycles. The highest BCUT2D eigenvalue weighted by Crippen LogP contribution is 2.34. The Kier molecular flexibility index (Phi) is 8.40. The van der Waals surface area contributed by atoms with Crippen LogP contribution in [0.3, 0.4) is 0 Å². The molecule has 0 amide bonds. The molecule has 1 heterocycles. The minimum absolute atomic E-state index is 0.0775. The molecule has 0 spiro atoms. The van der Waals surface area contributed by atoms with Crippen LogP contribution in [0.1, 0.15) is 18.1 Å². The highest BCUT2D eigenvalue weighted by Gasteiger charge is 2.12. The minimum Gasteiger partial charge on any atom is -0.490 e. The van der Waals surface area contributed by atoms with Crippen molar-refractivity contribution in [2.45, 2.75) is 13.5 Å². The number of nitrogens with zero attached hydrogens (tertiary/aromatic N) is 3. The number of hydrazone groups is 1. The number of aromatic nitrogens is 1. The molecule has 3 rings (SSSR count). The van der Waals surface area contributed by atoms with Crippen LogP contribution in [0.2, 0.25) is 0 Å². The van der Waals surface area contributed by atoms with Crippen LogP contribution in [0, 0.1) is 17.3 Å². The molecule has 0 radical (unpaired) electrons. The molecule has 1 aromatic heterocycles. The van der Waals surface area contributed by atoms with Crippen molar-refractivity contribution in [1.82, 2.24) is 4.98 Å². The molecule has 3 aromatic rings. The zero-order valence-electron chi connectivity index (χ0n) is 16.4. The Morgan fingerprint density at radius 3 is 2.58 bits per heavy atom. The average molecular weight is 644 g/mol. The van der Waals surface area contributed by atoms with E-state index in [0.29, 0.717) is 30.5 Å². The summed E-state index contributed by atoms with van der Waals surface area (Å²) in [6.45, 7) is 2.85. The van der Waals surface area contributed by atoms with Gasteiger partial charge in [0, 0.05) is 9.64 Å². The summed E-state index contributed by atoms with van der Waals surface area (Å²) in [5, 5.41) is 14.8. The molecule has 0 aliphatic heterocycles. The Hall–Kier alpha value is -2.48. The first-order valence-corrected chi connectivity index (χ1v) is 11.3. The predicted molar refractivity (Wildman–Crippen MR) is 136 cm³/mol. The van der Waals surface area contributed by atoms with E-state index < -0.39 is 4.92 Å². The Balaban J connectivity index is 1.71. The molecule has 0 aliphatic carbocycles. The molecule has 0 saturated carbocycles. The zero-order valence-corrected chi connectivity index (χ0v) is 20.7. The molecule has 8 nitrogen and oxygen atoms in total. The quantitative estimate of drug-likeness (QED) is 0.141. The van der Waals surface area contributed by atoms with E-state index in [1.54, 1.807) is 6.21 Å². The molecule has 0 fully saturated rings. The number of halogens is 2. The monoisotopic (exact) mass is 644 g/mol. The van der Waals surface area contributed by atoms with Gasteiger partial charge < -0.3 is 9.47 Å². The summed E-state index contributed by atoms with van der Waals surface area (Å²) in [6, 6.07) is 14.8. The summed E-state index contributed by atoms with van der Waals surface area (Å²) in [4.78, 5) is 14.1. The molecule has 0 bridgehead atoms. The van der Waals surface area contributed by atoms with E-state index in [2.05, 4.69) is 60.7 Å². The van der Waals surface area contributed by atoms with E-state index in [1.165, 1.54) is 21.9 Å². The first-order valence-electron chi connectivity index (χ1n) is 9.19. The molecule has 31 heavy (non-hydrogen) atoms. The van der Waals surface area contributed by atoms with Crippen LogP contribution in [0.5, 0.6) is 11.5 Å². The van der Waals surface area contributed by atoms with Crippen LogP contribution >= 0.6 is 45.2 Å². The van der Waals surface area contributed by atoms with Gasteiger partial charge in [0.1, 0.15) is 18.6 Å².